The van der Waals surface area contributed by atoms with Crippen molar-refractivity contribution in [3.05, 3.63) is 60.2 Å². The number of carbonyl (C=O) groups is 2. The van der Waals surface area contributed by atoms with Crippen LogP contribution in [-0.4, -0.2) is 42.6 Å². The van der Waals surface area contributed by atoms with Crippen molar-refractivity contribution in [1.29, 1.82) is 0 Å². The van der Waals surface area contributed by atoms with Crippen LogP contribution in [0.4, 0.5) is 19.3 Å². The Bertz CT molecular complexity index is 817. The Kier molecular flexibility index (Phi) is 6.41. The normalized spacial score (nSPS) is 16.5. The molecule has 2 aromatic rings. The number of piperidine rings is 1. The second-order valence-corrected chi connectivity index (χ2v) is 6.46. The first kappa shape index (κ1) is 19.6. The molecule has 0 aliphatic carbocycles. The van der Waals surface area contributed by atoms with Crippen LogP contribution in [0.1, 0.15) is 23.2 Å². The zero-order chi connectivity index (χ0) is 19.9. The molecular formula is C20H21F2N3O3. The van der Waals surface area contributed by atoms with E-state index >= 15 is 0 Å². The highest BCUT2D eigenvalue weighted by atomic mass is 19.3. The van der Waals surface area contributed by atoms with E-state index in [9.17, 15) is 18.4 Å². The summed E-state index contributed by atoms with van der Waals surface area (Å²) in [6.45, 7) is -1.88. The second kappa shape index (κ2) is 9.16. The van der Waals surface area contributed by atoms with Gasteiger partial charge in [0.1, 0.15) is 5.75 Å². The average Bonchev–Trinajstić information content (AvgIpc) is 2.68. The van der Waals surface area contributed by atoms with Crippen molar-refractivity contribution < 1.29 is 23.1 Å². The van der Waals surface area contributed by atoms with Gasteiger partial charge in [-0.05, 0) is 37.1 Å². The van der Waals surface area contributed by atoms with Gasteiger partial charge >= 0.3 is 12.6 Å². The van der Waals surface area contributed by atoms with Crippen LogP contribution in [0, 0.1) is 0 Å². The van der Waals surface area contributed by atoms with Crippen molar-refractivity contribution in [2.45, 2.75) is 25.5 Å². The summed E-state index contributed by atoms with van der Waals surface area (Å²) in [5.74, 6) is -0.102. The lowest BCUT2D eigenvalue weighted by atomic mass is 10.0. The first-order chi connectivity index (χ1) is 13.5. The molecule has 6 nitrogen and oxygen atoms in total. The van der Waals surface area contributed by atoms with E-state index in [4.69, 9.17) is 0 Å². The molecule has 3 amide bonds. The summed E-state index contributed by atoms with van der Waals surface area (Å²) in [4.78, 5) is 26.5. The van der Waals surface area contributed by atoms with Gasteiger partial charge in [-0.25, -0.2) is 4.79 Å². The molecular weight excluding hydrogens is 368 g/mol. The van der Waals surface area contributed by atoms with Gasteiger partial charge in [0, 0.05) is 36.4 Å². The molecule has 148 valence electrons. The van der Waals surface area contributed by atoms with E-state index in [1.54, 1.807) is 23.1 Å². The van der Waals surface area contributed by atoms with Gasteiger partial charge in [0.25, 0.3) is 5.91 Å². The quantitative estimate of drug-likeness (QED) is 0.819. The maximum absolute atomic E-state index is 12.6. The van der Waals surface area contributed by atoms with Crippen molar-refractivity contribution >= 4 is 17.6 Å². The third kappa shape index (κ3) is 5.42. The number of benzene rings is 2. The van der Waals surface area contributed by atoms with E-state index in [0.717, 1.165) is 12.8 Å². The number of nitrogens with zero attached hydrogens (tertiary/aromatic N) is 1. The van der Waals surface area contributed by atoms with Gasteiger partial charge < -0.3 is 20.3 Å². The van der Waals surface area contributed by atoms with Crippen LogP contribution in [0.5, 0.6) is 5.75 Å². The fraction of sp³-hybridized carbons (Fsp3) is 0.300. The fourth-order valence-electron chi connectivity index (χ4n) is 3.15. The topological polar surface area (TPSA) is 70.7 Å². The van der Waals surface area contributed by atoms with E-state index < -0.39 is 12.6 Å². The summed E-state index contributed by atoms with van der Waals surface area (Å²) < 4.78 is 28.9. The lowest BCUT2D eigenvalue weighted by Gasteiger charge is -2.33. The molecule has 2 aromatic carbocycles. The van der Waals surface area contributed by atoms with Crippen molar-refractivity contribution in [2.24, 2.45) is 0 Å². The number of hydrogen-bond acceptors (Lipinski definition) is 3. The zero-order valence-corrected chi connectivity index (χ0v) is 15.1. The molecule has 1 aliphatic rings. The number of nitrogens with one attached hydrogen (secondary N) is 2. The molecule has 0 saturated carbocycles. The van der Waals surface area contributed by atoms with Gasteiger partial charge in [0.05, 0.1) is 0 Å². The highest BCUT2D eigenvalue weighted by Gasteiger charge is 2.25. The standard InChI is InChI=1S/C20H21F2N3O3/c21-19(22)28-17-10-4-8-15(12-17)23-20(27)24-16-9-5-11-25(13-16)18(26)14-6-2-1-3-7-14/h1-4,6-8,10,12,16,19H,5,9,11,13H2,(H2,23,24,27). The number of hydrogen-bond donors (Lipinski definition) is 2. The molecule has 2 N–H and O–H groups in total. The Morgan fingerprint density at radius 2 is 1.89 bits per heavy atom. The lowest BCUT2D eigenvalue weighted by molar-refractivity contribution is -0.0498. The van der Waals surface area contributed by atoms with Gasteiger partial charge in [-0.15, -0.1) is 0 Å². The second-order valence-electron chi connectivity index (χ2n) is 6.46. The van der Waals surface area contributed by atoms with Crippen LogP contribution in [0.15, 0.2) is 54.6 Å². The summed E-state index contributed by atoms with van der Waals surface area (Å²) in [5, 5.41) is 5.43. The number of carbonyl (C=O) groups excluding carboxylic acids is 2. The number of rotatable bonds is 5. The Morgan fingerprint density at radius 3 is 2.64 bits per heavy atom. The van der Waals surface area contributed by atoms with E-state index in [0.29, 0.717) is 24.3 Å². The summed E-state index contributed by atoms with van der Waals surface area (Å²) >= 11 is 0. The largest absolute Gasteiger partial charge is 0.435 e. The summed E-state index contributed by atoms with van der Waals surface area (Å²) in [6.07, 6.45) is 1.53. The molecule has 0 radical (unpaired) electrons. The van der Waals surface area contributed by atoms with E-state index in [1.807, 2.05) is 18.2 Å². The highest BCUT2D eigenvalue weighted by Crippen LogP contribution is 2.19. The molecule has 8 heteroatoms. The van der Waals surface area contributed by atoms with Crippen LogP contribution in [-0.2, 0) is 0 Å². The van der Waals surface area contributed by atoms with E-state index in [1.165, 1.54) is 18.2 Å². The first-order valence-electron chi connectivity index (χ1n) is 8.98. The predicted molar refractivity (Wildman–Crippen MR) is 101 cm³/mol. The molecule has 0 spiro atoms. The van der Waals surface area contributed by atoms with Gasteiger partial charge in [-0.2, -0.15) is 8.78 Å². The molecule has 0 bridgehead atoms. The Balaban J connectivity index is 1.55. The summed E-state index contributed by atoms with van der Waals surface area (Å²) in [6, 6.07) is 14.1. The monoisotopic (exact) mass is 389 g/mol. The Labute approximate surface area is 161 Å². The molecule has 1 unspecified atom stereocenters. The van der Waals surface area contributed by atoms with Gasteiger partial charge in [-0.1, -0.05) is 24.3 Å². The predicted octanol–water partition coefficient (Wildman–Crippen LogP) is 3.71. The average molecular weight is 389 g/mol. The number of amides is 3. The smallest absolute Gasteiger partial charge is 0.387 e. The van der Waals surface area contributed by atoms with Crippen LogP contribution >= 0.6 is 0 Å². The fourth-order valence-corrected chi connectivity index (χ4v) is 3.15. The van der Waals surface area contributed by atoms with Crippen molar-refractivity contribution in [2.75, 3.05) is 18.4 Å². The Hall–Kier alpha value is -3.16. The minimum absolute atomic E-state index is 0.0369. The summed E-state index contributed by atoms with van der Waals surface area (Å²) in [5.41, 5.74) is 0.951. The number of ether oxygens (including phenoxy) is 1. The molecule has 0 aromatic heterocycles. The number of urea groups is 1. The SMILES string of the molecule is O=C(Nc1cccc(OC(F)F)c1)NC1CCCN(C(=O)c2ccccc2)C1. The van der Waals surface area contributed by atoms with Gasteiger partial charge in [0.15, 0.2) is 0 Å². The zero-order valence-electron chi connectivity index (χ0n) is 15.1. The molecule has 1 heterocycles. The molecule has 1 fully saturated rings. The maximum Gasteiger partial charge on any atom is 0.387 e. The van der Waals surface area contributed by atoms with Crippen molar-refractivity contribution in [3.63, 3.8) is 0 Å². The number of likely N-dealkylation sites (tertiary alicyclic amines) is 1. The molecule has 28 heavy (non-hydrogen) atoms. The molecule has 1 atom stereocenters. The van der Waals surface area contributed by atoms with Crippen molar-refractivity contribution in [1.82, 2.24) is 10.2 Å². The lowest BCUT2D eigenvalue weighted by Crippen LogP contribution is -2.50. The number of alkyl halides is 2. The highest BCUT2D eigenvalue weighted by molar-refractivity contribution is 5.94. The molecule has 1 saturated heterocycles. The molecule has 3 rings (SSSR count). The molecule has 1 aliphatic heterocycles. The Morgan fingerprint density at radius 1 is 1.11 bits per heavy atom. The van der Waals surface area contributed by atoms with Crippen LogP contribution < -0.4 is 15.4 Å². The van der Waals surface area contributed by atoms with E-state index in [-0.39, 0.29) is 17.7 Å². The van der Waals surface area contributed by atoms with E-state index in [2.05, 4.69) is 15.4 Å². The van der Waals surface area contributed by atoms with Crippen LogP contribution in [0.2, 0.25) is 0 Å². The van der Waals surface area contributed by atoms with Gasteiger partial charge in [-0.3, -0.25) is 4.79 Å². The van der Waals surface area contributed by atoms with Crippen molar-refractivity contribution in [3.8, 4) is 5.75 Å². The number of halogens is 2. The first-order valence-corrected chi connectivity index (χ1v) is 8.98. The third-order valence-corrected chi connectivity index (χ3v) is 4.38. The number of anilines is 1. The van der Waals surface area contributed by atoms with Crippen LogP contribution in [0.3, 0.4) is 0 Å². The minimum Gasteiger partial charge on any atom is -0.435 e. The van der Waals surface area contributed by atoms with Crippen LogP contribution in [0.25, 0.3) is 0 Å². The third-order valence-electron chi connectivity index (χ3n) is 4.38. The summed E-state index contributed by atoms with van der Waals surface area (Å²) in [7, 11) is 0. The minimum atomic E-state index is -2.93. The van der Waals surface area contributed by atoms with Gasteiger partial charge in [0.2, 0.25) is 0 Å². The maximum atomic E-state index is 12.6.